The lowest BCUT2D eigenvalue weighted by Crippen LogP contribution is -2.33. The van der Waals surface area contributed by atoms with E-state index >= 15 is 0 Å². The summed E-state index contributed by atoms with van der Waals surface area (Å²) in [6, 6.07) is 27.7. The molecule has 2 aliphatic rings. The van der Waals surface area contributed by atoms with Gasteiger partial charge in [0.2, 0.25) is 17.7 Å². The molecule has 2 aliphatic heterocycles. The van der Waals surface area contributed by atoms with Gasteiger partial charge in [-0.1, -0.05) is 98.5 Å². The lowest BCUT2D eigenvalue weighted by Gasteiger charge is -2.31. The van der Waals surface area contributed by atoms with E-state index in [0.717, 1.165) is 45.0 Å². The van der Waals surface area contributed by atoms with E-state index in [4.69, 9.17) is 4.74 Å². The van der Waals surface area contributed by atoms with Crippen molar-refractivity contribution in [2.24, 2.45) is 5.92 Å². The van der Waals surface area contributed by atoms with Gasteiger partial charge in [0.15, 0.2) is 0 Å². The van der Waals surface area contributed by atoms with Crippen LogP contribution in [0.4, 0.5) is 11.4 Å². The Balaban J connectivity index is 1.25. The molecule has 1 aromatic heterocycles. The van der Waals surface area contributed by atoms with Crippen molar-refractivity contribution in [2.45, 2.75) is 55.8 Å². The quantitative estimate of drug-likeness (QED) is 0.144. The van der Waals surface area contributed by atoms with E-state index < -0.39 is 29.0 Å². The second-order valence-electron chi connectivity index (χ2n) is 13.4. The number of benzene rings is 4. The Morgan fingerprint density at radius 2 is 1.56 bits per heavy atom. The third kappa shape index (κ3) is 6.05. The highest BCUT2D eigenvalue weighted by Gasteiger charge is 2.56. The highest BCUT2D eigenvalue weighted by atomic mass is 32.2. The van der Waals surface area contributed by atoms with Gasteiger partial charge in [-0.25, -0.2) is 9.69 Å². The molecule has 0 bridgehead atoms. The maximum absolute atomic E-state index is 14.3. The highest BCUT2D eigenvalue weighted by Crippen LogP contribution is 2.54. The Hall–Kier alpha value is -5.00. The first-order chi connectivity index (χ1) is 23.9. The van der Waals surface area contributed by atoms with Crippen LogP contribution >= 0.6 is 23.1 Å². The number of ether oxygens (including phenoxy) is 1. The Bertz CT molecular complexity index is 2220. The maximum atomic E-state index is 14.3. The average Bonchev–Trinajstić information content (AvgIpc) is 3.54. The highest BCUT2D eigenvalue weighted by molar-refractivity contribution is 8.00. The van der Waals surface area contributed by atoms with E-state index in [2.05, 4.69) is 26.1 Å². The van der Waals surface area contributed by atoms with Crippen molar-refractivity contribution in [1.82, 2.24) is 4.57 Å². The van der Waals surface area contributed by atoms with Gasteiger partial charge in [0, 0.05) is 16.5 Å². The number of rotatable bonds is 7. The minimum Gasteiger partial charge on any atom is -0.462 e. The number of amides is 3. The SMILES string of the molecule is CCOC(=O)c1ccc(N2C(=O)C3Sc4c(sc(=O)n4CC(=O)Nc4ccc5ccccc5c4)C(c4ccc(C(C)(C)C)cc4)C3C2=O)cc1. The number of thiazole rings is 1. The van der Waals surface area contributed by atoms with Crippen LogP contribution in [-0.2, 0) is 31.1 Å². The molecule has 3 atom stereocenters. The number of esters is 1. The lowest BCUT2D eigenvalue weighted by atomic mass is 9.81. The second kappa shape index (κ2) is 13.0. The monoisotopic (exact) mass is 705 g/mol. The molecule has 3 heterocycles. The second-order valence-corrected chi connectivity index (χ2v) is 15.6. The van der Waals surface area contributed by atoms with Crippen molar-refractivity contribution in [1.29, 1.82) is 0 Å². The molecule has 4 aromatic carbocycles. The molecular formula is C39H35N3O6S2. The number of imide groups is 1. The number of hydrogen-bond acceptors (Lipinski definition) is 8. The smallest absolute Gasteiger partial charge is 0.338 e. The number of thioether (sulfide) groups is 1. The van der Waals surface area contributed by atoms with E-state index in [-0.39, 0.29) is 35.3 Å². The lowest BCUT2D eigenvalue weighted by molar-refractivity contribution is -0.122. The summed E-state index contributed by atoms with van der Waals surface area (Å²) in [7, 11) is 0. The van der Waals surface area contributed by atoms with Gasteiger partial charge in [-0.2, -0.15) is 0 Å². The van der Waals surface area contributed by atoms with Crippen molar-refractivity contribution in [3.63, 3.8) is 0 Å². The minimum absolute atomic E-state index is 0.104. The number of fused-ring (bicyclic) bond motifs is 3. The topological polar surface area (TPSA) is 115 Å². The van der Waals surface area contributed by atoms with Crippen LogP contribution in [0.1, 0.15) is 60.0 Å². The summed E-state index contributed by atoms with van der Waals surface area (Å²) in [5, 5.41) is 4.61. The number of carbonyl (C=O) groups is 4. The molecule has 5 aromatic rings. The Kier molecular flexibility index (Phi) is 8.73. The molecule has 9 nitrogen and oxygen atoms in total. The van der Waals surface area contributed by atoms with Gasteiger partial charge < -0.3 is 10.1 Å². The first-order valence-electron chi connectivity index (χ1n) is 16.4. The Morgan fingerprint density at radius 3 is 2.24 bits per heavy atom. The largest absolute Gasteiger partial charge is 0.462 e. The van der Waals surface area contributed by atoms with Crippen molar-refractivity contribution in [2.75, 3.05) is 16.8 Å². The molecule has 0 aliphatic carbocycles. The molecule has 50 heavy (non-hydrogen) atoms. The van der Waals surface area contributed by atoms with Crippen LogP contribution in [0.5, 0.6) is 0 Å². The van der Waals surface area contributed by atoms with Crippen molar-refractivity contribution in [3.05, 3.63) is 122 Å². The zero-order valence-electron chi connectivity index (χ0n) is 28.0. The zero-order valence-corrected chi connectivity index (χ0v) is 29.6. The van der Waals surface area contributed by atoms with Crippen LogP contribution in [0.2, 0.25) is 0 Å². The fraction of sp³-hybridized carbons (Fsp3) is 0.256. The van der Waals surface area contributed by atoms with E-state index in [1.807, 2.05) is 66.7 Å². The maximum Gasteiger partial charge on any atom is 0.338 e. The molecule has 1 N–H and O–H groups in total. The molecular weight excluding hydrogens is 671 g/mol. The summed E-state index contributed by atoms with van der Waals surface area (Å²) in [4.78, 5) is 69.2. The molecule has 0 spiro atoms. The standard InChI is InChI=1S/C39H35N3O6S2/c1-5-48-37(46)24-13-18-28(19-14-24)42-34(44)31-30(23-10-15-26(16-11-23)39(2,3)4)33-36(49-32(31)35(42)45)41(38(47)50-33)21-29(43)40-27-17-12-22-8-6-7-9-25(22)20-27/h6-20,30-32H,5,21H2,1-4H3,(H,40,43). The van der Waals surface area contributed by atoms with Crippen LogP contribution < -0.4 is 15.1 Å². The number of carbonyl (C=O) groups excluding carboxylic acids is 4. The van der Waals surface area contributed by atoms with Crippen LogP contribution in [-0.4, -0.2) is 40.1 Å². The summed E-state index contributed by atoms with van der Waals surface area (Å²) < 4.78 is 6.50. The predicted molar refractivity (Wildman–Crippen MR) is 196 cm³/mol. The van der Waals surface area contributed by atoms with E-state index in [0.29, 0.717) is 26.8 Å². The first-order valence-corrected chi connectivity index (χ1v) is 18.1. The number of aromatic nitrogens is 1. The zero-order chi connectivity index (χ0) is 35.3. The fourth-order valence-corrected chi connectivity index (χ4v) is 9.40. The van der Waals surface area contributed by atoms with Gasteiger partial charge >= 0.3 is 10.8 Å². The van der Waals surface area contributed by atoms with Gasteiger partial charge in [0.05, 0.1) is 28.8 Å². The van der Waals surface area contributed by atoms with Gasteiger partial charge in [-0.3, -0.25) is 23.7 Å². The molecule has 3 amide bonds. The summed E-state index contributed by atoms with van der Waals surface area (Å²) in [6.07, 6.45) is 0. The summed E-state index contributed by atoms with van der Waals surface area (Å²) in [6.45, 7) is 8.04. The minimum atomic E-state index is -0.837. The van der Waals surface area contributed by atoms with Crippen LogP contribution in [0.3, 0.4) is 0 Å². The van der Waals surface area contributed by atoms with Gasteiger partial charge in [-0.05, 0) is 70.6 Å². The summed E-state index contributed by atoms with van der Waals surface area (Å²) >= 11 is 2.17. The van der Waals surface area contributed by atoms with Crippen LogP contribution in [0, 0.1) is 5.92 Å². The van der Waals surface area contributed by atoms with Crippen LogP contribution in [0.25, 0.3) is 10.8 Å². The van der Waals surface area contributed by atoms with Crippen LogP contribution in [0.15, 0.2) is 101 Å². The Labute approximate surface area is 297 Å². The number of nitrogens with zero attached hydrogens (tertiary/aromatic N) is 2. The van der Waals surface area contributed by atoms with E-state index in [1.54, 1.807) is 19.1 Å². The van der Waals surface area contributed by atoms with Crippen molar-refractivity contribution < 1.29 is 23.9 Å². The summed E-state index contributed by atoms with van der Waals surface area (Å²) in [5.74, 6) is -3.05. The molecule has 1 fully saturated rings. The third-order valence-corrected chi connectivity index (χ3v) is 11.8. The molecule has 7 rings (SSSR count). The van der Waals surface area contributed by atoms with Gasteiger partial charge in [0.1, 0.15) is 11.8 Å². The predicted octanol–water partition coefficient (Wildman–Crippen LogP) is 6.97. The van der Waals surface area contributed by atoms with Crippen molar-refractivity contribution >= 4 is 68.9 Å². The molecule has 1 saturated heterocycles. The number of nitrogens with one attached hydrogen (secondary N) is 1. The third-order valence-electron chi connectivity index (χ3n) is 9.16. The Morgan fingerprint density at radius 1 is 0.860 bits per heavy atom. The van der Waals surface area contributed by atoms with E-state index in [9.17, 15) is 24.0 Å². The average molecular weight is 706 g/mol. The molecule has 0 saturated carbocycles. The fourth-order valence-electron chi connectivity index (χ4n) is 6.63. The number of anilines is 2. The first kappa shape index (κ1) is 33.5. The molecule has 11 heteroatoms. The van der Waals surface area contributed by atoms with Gasteiger partial charge in [0.25, 0.3) is 0 Å². The molecule has 0 radical (unpaired) electrons. The summed E-state index contributed by atoms with van der Waals surface area (Å²) in [5.41, 5.74) is 3.08. The number of hydrogen-bond donors (Lipinski definition) is 1. The van der Waals surface area contributed by atoms with E-state index in [1.165, 1.54) is 21.6 Å². The normalized spacial score (nSPS) is 18.6. The van der Waals surface area contributed by atoms with Gasteiger partial charge in [-0.15, -0.1) is 0 Å². The molecule has 254 valence electrons. The molecule has 3 unspecified atom stereocenters. The van der Waals surface area contributed by atoms with Crippen molar-refractivity contribution in [3.8, 4) is 0 Å².